The lowest BCUT2D eigenvalue weighted by Gasteiger charge is -2.48. The molecule has 70 valence electrons. The van der Waals surface area contributed by atoms with Crippen LogP contribution in [-0.4, -0.2) is 24.2 Å². The van der Waals surface area contributed by atoms with Crippen molar-refractivity contribution in [2.24, 2.45) is 0 Å². The first-order valence-electron chi connectivity index (χ1n) is 5.22. The molecule has 0 aromatic carbocycles. The number of rotatable bonds is 0. The summed E-state index contributed by atoms with van der Waals surface area (Å²) in [5.74, 6) is 0. The second-order valence-corrected chi connectivity index (χ2v) is 4.66. The standard InChI is InChI=1S/C10H20N2/c1-8-7-11-10(2)6-4-3-5-9(10)12-8/h8-9,11-12H,3-7H2,1-2H3/t8-,9+,10+/m1/s1. The van der Waals surface area contributed by atoms with E-state index in [9.17, 15) is 0 Å². The smallest absolute Gasteiger partial charge is 0.0307 e. The summed E-state index contributed by atoms with van der Waals surface area (Å²) in [7, 11) is 0. The van der Waals surface area contributed by atoms with Gasteiger partial charge in [0.15, 0.2) is 0 Å². The van der Waals surface area contributed by atoms with Gasteiger partial charge in [-0.3, -0.25) is 0 Å². The molecule has 0 bridgehead atoms. The fourth-order valence-electron chi connectivity index (χ4n) is 2.60. The molecule has 1 heterocycles. The number of hydrogen-bond acceptors (Lipinski definition) is 2. The molecule has 2 N–H and O–H groups in total. The van der Waals surface area contributed by atoms with E-state index in [0.29, 0.717) is 11.6 Å². The average molecular weight is 168 g/mol. The zero-order valence-corrected chi connectivity index (χ0v) is 8.19. The monoisotopic (exact) mass is 168 g/mol. The van der Waals surface area contributed by atoms with Crippen molar-refractivity contribution in [3.8, 4) is 0 Å². The Balaban J connectivity index is 2.06. The molecule has 1 saturated carbocycles. The van der Waals surface area contributed by atoms with Crippen molar-refractivity contribution in [2.45, 2.75) is 57.2 Å². The van der Waals surface area contributed by atoms with Crippen LogP contribution in [0.15, 0.2) is 0 Å². The van der Waals surface area contributed by atoms with E-state index in [4.69, 9.17) is 0 Å². The van der Waals surface area contributed by atoms with E-state index in [-0.39, 0.29) is 0 Å². The first-order valence-corrected chi connectivity index (χ1v) is 5.22. The molecule has 12 heavy (non-hydrogen) atoms. The second-order valence-electron chi connectivity index (χ2n) is 4.66. The molecule has 1 saturated heterocycles. The van der Waals surface area contributed by atoms with Gasteiger partial charge in [-0.15, -0.1) is 0 Å². The van der Waals surface area contributed by atoms with Gasteiger partial charge in [0.25, 0.3) is 0 Å². The topological polar surface area (TPSA) is 24.1 Å². The lowest BCUT2D eigenvalue weighted by molar-refractivity contribution is 0.135. The fraction of sp³-hybridized carbons (Fsp3) is 1.00. The van der Waals surface area contributed by atoms with Crippen LogP contribution >= 0.6 is 0 Å². The summed E-state index contributed by atoms with van der Waals surface area (Å²) in [5.41, 5.74) is 0.394. The average Bonchev–Trinajstić information content (AvgIpc) is 2.06. The highest BCUT2D eigenvalue weighted by atomic mass is 15.1. The quantitative estimate of drug-likeness (QED) is 0.569. The van der Waals surface area contributed by atoms with Crippen LogP contribution in [0, 0.1) is 0 Å². The van der Waals surface area contributed by atoms with Gasteiger partial charge in [-0.05, 0) is 26.7 Å². The van der Waals surface area contributed by atoms with Crippen LogP contribution in [-0.2, 0) is 0 Å². The highest BCUT2D eigenvalue weighted by Crippen LogP contribution is 2.30. The summed E-state index contributed by atoms with van der Waals surface area (Å²) >= 11 is 0. The minimum Gasteiger partial charge on any atom is -0.308 e. The van der Waals surface area contributed by atoms with E-state index < -0.39 is 0 Å². The third kappa shape index (κ3) is 1.38. The van der Waals surface area contributed by atoms with E-state index in [0.717, 1.165) is 12.6 Å². The minimum absolute atomic E-state index is 0.394. The Morgan fingerprint density at radius 3 is 3.00 bits per heavy atom. The van der Waals surface area contributed by atoms with E-state index in [1.807, 2.05) is 0 Å². The Hall–Kier alpha value is -0.0800. The highest BCUT2D eigenvalue weighted by Gasteiger charge is 2.39. The van der Waals surface area contributed by atoms with E-state index >= 15 is 0 Å². The number of piperazine rings is 1. The summed E-state index contributed by atoms with van der Waals surface area (Å²) in [6, 6.07) is 1.37. The van der Waals surface area contributed by atoms with Gasteiger partial charge < -0.3 is 10.6 Å². The van der Waals surface area contributed by atoms with Gasteiger partial charge in [0.05, 0.1) is 0 Å². The molecular formula is C10H20N2. The third-order valence-corrected chi connectivity index (χ3v) is 3.51. The van der Waals surface area contributed by atoms with Crippen molar-refractivity contribution in [3.63, 3.8) is 0 Å². The predicted octanol–water partition coefficient (Wildman–Crippen LogP) is 1.27. The molecule has 2 aliphatic rings. The molecule has 0 aromatic heterocycles. The molecule has 2 fully saturated rings. The Bertz CT molecular complexity index is 169. The SMILES string of the molecule is C[C@@H]1CN[C@@]2(C)CCCC[C@@H]2N1. The first-order chi connectivity index (χ1) is 5.71. The largest absolute Gasteiger partial charge is 0.308 e. The van der Waals surface area contributed by atoms with Crippen LogP contribution in [0.1, 0.15) is 39.5 Å². The summed E-state index contributed by atoms with van der Waals surface area (Å²) in [6.07, 6.45) is 5.50. The maximum Gasteiger partial charge on any atom is 0.0307 e. The van der Waals surface area contributed by atoms with Gasteiger partial charge in [0.1, 0.15) is 0 Å². The Morgan fingerprint density at radius 2 is 2.17 bits per heavy atom. The van der Waals surface area contributed by atoms with E-state index in [2.05, 4.69) is 24.5 Å². The molecule has 1 aliphatic carbocycles. The van der Waals surface area contributed by atoms with Crippen molar-refractivity contribution in [3.05, 3.63) is 0 Å². The lowest BCUT2D eigenvalue weighted by Crippen LogP contribution is -2.67. The molecular weight excluding hydrogens is 148 g/mol. The molecule has 1 aliphatic heterocycles. The lowest BCUT2D eigenvalue weighted by atomic mass is 9.77. The Labute approximate surface area is 75.1 Å². The van der Waals surface area contributed by atoms with Gasteiger partial charge in [0.2, 0.25) is 0 Å². The van der Waals surface area contributed by atoms with Crippen LogP contribution in [0.2, 0.25) is 0 Å². The van der Waals surface area contributed by atoms with Gasteiger partial charge in [-0.25, -0.2) is 0 Å². The summed E-state index contributed by atoms with van der Waals surface area (Å²) in [6.45, 7) is 5.77. The van der Waals surface area contributed by atoms with Crippen LogP contribution in [0.3, 0.4) is 0 Å². The van der Waals surface area contributed by atoms with Crippen LogP contribution < -0.4 is 10.6 Å². The van der Waals surface area contributed by atoms with Gasteiger partial charge in [-0.1, -0.05) is 12.8 Å². The van der Waals surface area contributed by atoms with Crippen molar-refractivity contribution >= 4 is 0 Å². The highest BCUT2D eigenvalue weighted by molar-refractivity contribution is 5.02. The first kappa shape index (κ1) is 8.52. The van der Waals surface area contributed by atoms with Crippen LogP contribution in [0.4, 0.5) is 0 Å². The van der Waals surface area contributed by atoms with E-state index in [1.54, 1.807) is 0 Å². The van der Waals surface area contributed by atoms with Crippen molar-refractivity contribution in [1.29, 1.82) is 0 Å². The maximum absolute atomic E-state index is 3.70. The molecule has 3 atom stereocenters. The number of fused-ring (bicyclic) bond motifs is 1. The van der Waals surface area contributed by atoms with Crippen molar-refractivity contribution in [2.75, 3.05) is 6.54 Å². The van der Waals surface area contributed by atoms with Crippen LogP contribution in [0.25, 0.3) is 0 Å². The molecule has 0 radical (unpaired) electrons. The Kier molecular flexibility index (Phi) is 2.13. The van der Waals surface area contributed by atoms with Gasteiger partial charge in [-0.2, -0.15) is 0 Å². The fourth-order valence-corrected chi connectivity index (χ4v) is 2.60. The van der Waals surface area contributed by atoms with Crippen LogP contribution in [0.5, 0.6) is 0 Å². The van der Waals surface area contributed by atoms with Gasteiger partial charge >= 0.3 is 0 Å². The zero-order chi connectivity index (χ0) is 8.60. The normalized spacial score (nSPS) is 48.5. The Morgan fingerprint density at radius 1 is 1.33 bits per heavy atom. The summed E-state index contributed by atoms with van der Waals surface area (Å²) in [5, 5.41) is 7.38. The molecule has 2 nitrogen and oxygen atoms in total. The third-order valence-electron chi connectivity index (χ3n) is 3.51. The number of hydrogen-bond donors (Lipinski definition) is 2. The van der Waals surface area contributed by atoms with Crippen molar-refractivity contribution < 1.29 is 0 Å². The molecule has 0 unspecified atom stereocenters. The zero-order valence-electron chi connectivity index (χ0n) is 8.19. The van der Waals surface area contributed by atoms with Crippen molar-refractivity contribution in [1.82, 2.24) is 10.6 Å². The second kappa shape index (κ2) is 3.00. The molecule has 2 rings (SSSR count). The summed E-state index contributed by atoms with van der Waals surface area (Å²) in [4.78, 5) is 0. The minimum atomic E-state index is 0.394. The van der Waals surface area contributed by atoms with E-state index in [1.165, 1.54) is 25.7 Å². The number of nitrogens with one attached hydrogen (secondary N) is 2. The molecule has 0 spiro atoms. The summed E-state index contributed by atoms with van der Waals surface area (Å²) < 4.78 is 0. The maximum atomic E-state index is 3.70. The predicted molar refractivity (Wildman–Crippen MR) is 51.3 cm³/mol. The van der Waals surface area contributed by atoms with Gasteiger partial charge in [0, 0.05) is 24.2 Å². The molecule has 0 amide bonds. The molecule has 0 aromatic rings. The molecule has 2 heteroatoms.